The molecular formula is C30H26N2O4S. The summed E-state index contributed by atoms with van der Waals surface area (Å²) in [6.45, 7) is 2.08. The van der Waals surface area contributed by atoms with Crippen LogP contribution in [0.5, 0.6) is 5.75 Å². The molecule has 6 rings (SSSR count). The lowest BCUT2D eigenvalue weighted by atomic mass is 9.89. The first-order chi connectivity index (χ1) is 17.9. The van der Waals surface area contributed by atoms with Crippen LogP contribution in [0.2, 0.25) is 0 Å². The summed E-state index contributed by atoms with van der Waals surface area (Å²) in [5, 5.41) is 21.8. The number of Topliss-reactive ketones (excluding diaryl/α,β-unsaturated/α-hetero) is 1. The van der Waals surface area contributed by atoms with Gasteiger partial charge in [0.2, 0.25) is 0 Å². The summed E-state index contributed by atoms with van der Waals surface area (Å²) in [6, 6.07) is 17.2. The normalized spacial score (nSPS) is 18.9. The summed E-state index contributed by atoms with van der Waals surface area (Å²) in [6.07, 6.45) is 5.05. The largest absolute Gasteiger partial charge is 0.508 e. The number of fused-ring (bicyclic) bond motifs is 2. The molecule has 6 nitrogen and oxygen atoms in total. The number of phenols is 1. The second kappa shape index (κ2) is 9.16. The third-order valence-corrected chi connectivity index (χ3v) is 8.35. The first-order valence-corrected chi connectivity index (χ1v) is 13.4. The summed E-state index contributed by atoms with van der Waals surface area (Å²) in [7, 11) is 0. The molecule has 3 aromatic carbocycles. The molecule has 7 heteroatoms. The molecule has 1 aliphatic heterocycles. The minimum Gasteiger partial charge on any atom is -0.508 e. The highest BCUT2D eigenvalue weighted by atomic mass is 32.1. The van der Waals surface area contributed by atoms with Gasteiger partial charge in [-0.2, -0.15) is 0 Å². The van der Waals surface area contributed by atoms with Gasteiger partial charge in [0, 0.05) is 5.56 Å². The van der Waals surface area contributed by atoms with Crippen molar-refractivity contribution in [3.63, 3.8) is 0 Å². The van der Waals surface area contributed by atoms with Gasteiger partial charge in [0.05, 0.1) is 21.8 Å². The van der Waals surface area contributed by atoms with Crippen molar-refractivity contribution in [1.29, 1.82) is 0 Å². The number of amides is 1. The van der Waals surface area contributed by atoms with E-state index in [0.717, 1.165) is 47.9 Å². The number of hydrogen-bond donors (Lipinski definition) is 2. The zero-order chi connectivity index (χ0) is 25.7. The highest BCUT2D eigenvalue weighted by Gasteiger charge is 2.48. The molecule has 2 aliphatic rings. The monoisotopic (exact) mass is 510 g/mol. The lowest BCUT2D eigenvalue weighted by molar-refractivity contribution is -0.132. The van der Waals surface area contributed by atoms with Crippen LogP contribution in [-0.4, -0.2) is 26.9 Å². The summed E-state index contributed by atoms with van der Waals surface area (Å²) < 4.78 is 0.926. The number of aryl methyl sites for hydroxylation is 3. The van der Waals surface area contributed by atoms with Gasteiger partial charge in [0.1, 0.15) is 11.5 Å². The molecule has 1 fully saturated rings. The van der Waals surface area contributed by atoms with Gasteiger partial charge in [-0.15, -0.1) is 0 Å². The number of benzene rings is 3. The zero-order valence-corrected chi connectivity index (χ0v) is 21.2. The molecule has 0 bridgehead atoms. The van der Waals surface area contributed by atoms with E-state index in [0.29, 0.717) is 16.3 Å². The van der Waals surface area contributed by atoms with Gasteiger partial charge in [-0.1, -0.05) is 48.6 Å². The van der Waals surface area contributed by atoms with Crippen LogP contribution in [-0.2, 0) is 28.9 Å². The maximum Gasteiger partial charge on any atom is 0.301 e. The van der Waals surface area contributed by atoms with E-state index in [4.69, 9.17) is 4.98 Å². The van der Waals surface area contributed by atoms with Crippen molar-refractivity contribution in [2.24, 2.45) is 0 Å². The van der Waals surface area contributed by atoms with E-state index in [1.807, 2.05) is 30.3 Å². The van der Waals surface area contributed by atoms with Gasteiger partial charge in [-0.25, -0.2) is 4.98 Å². The number of carbonyl (C=O) groups is 2. The third-order valence-electron chi connectivity index (χ3n) is 7.33. The molecule has 2 N–H and O–H groups in total. The molecular weight excluding hydrogens is 484 g/mol. The number of ketones is 1. The Balaban J connectivity index is 1.52. The predicted octanol–water partition coefficient (Wildman–Crippen LogP) is 6.07. The van der Waals surface area contributed by atoms with Crippen LogP contribution in [0, 0.1) is 0 Å². The third kappa shape index (κ3) is 4.00. The van der Waals surface area contributed by atoms with Crippen molar-refractivity contribution >= 4 is 44.1 Å². The summed E-state index contributed by atoms with van der Waals surface area (Å²) in [4.78, 5) is 33.0. The summed E-state index contributed by atoms with van der Waals surface area (Å²) in [5.41, 5.74) is 5.50. The van der Waals surface area contributed by atoms with E-state index < -0.39 is 17.7 Å². The fraction of sp³-hybridized carbons (Fsp3) is 0.233. The number of aliphatic hydroxyl groups excluding tert-OH is 1. The Kier molecular flexibility index (Phi) is 5.80. The van der Waals surface area contributed by atoms with Gasteiger partial charge in [0.15, 0.2) is 5.13 Å². The molecule has 0 radical (unpaired) electrons. The van der Waals surface area contributed by atoms with Crippen LogP contribution < -0.4 is 4.90 Å². The lowest BCUT2D eigenvalue weighted by Crippen LogP contribution is -2.29. The maximum atomic E-state index is 13.5. The van der Waals surface area contributed by atoms with Crippen molar-refractivity contribution in [2.45, 2.75) is 45.1 Å². The number of carbonyl (C=O) groups excluding carboxylic acids is 2. The Morgan fingerprint density at radius 2 is 1.76 bits per heavy atom. The Labute approximate surface area is 218 Å². The molecule has 1 aliphatic carbocycles. The minimum atomic E-state index is -0.872. The second-order valence-electron chi connectivity index (χ2n) is 9.60. The molecule has 1 atom stereocenters. The Morgan fingerprint density at radius 3 is 2.51 bits per heavy atom. The number of phenolic OH excluding ortho intramolecular Hbond substituents is 1. The number of nitrogens with zero attached hydrogens (tertiary/aromatic N) is 2. The quantitative estimate of drug-likeness (QED) is 0.198. The van der Waals surface area contributed by atoms with Crippen LogP contribution in [0.1, 0.15) is 53.6 Å². The van der Waals surface area contributed by atoms with Gasteiger partial charge in [0.25, 0.3) is 5.78 Å². The maximum absolute atomic E-state index is 13.5. The van der Waals surface area contributed by atoms with Crippen LogP contribution in [0.4, 0.5) is 5.13 Å². The predicted molar refractivity (Wildman–Crippen MR) is 145 cm³/mol. The van der Waals surface area contributed by atoms with Gasteiger partial charge < -0.3 is 10.2 Å². The smallest absolute Gasteiger partial charge is 0.301 e. The molecule has 0 saturated carbocycles. The number of anilines is 1. The average Bonchev–Trinajstić information content (AvgIpc) is 3.46. The van der Waals surface area contributed by atoms with Crippen molar-refractivity contribution in [2.75, 3.05) is 4.90 Å². The molecule has 1 unspecified atom stereocenters. The van der Waals surface area contributed by atoms with E-state index >= 15 is 0 Å². The van der Waals surface area contributed by atoms with Crippen LogP contribution >= 0.6 is 11.3 Å². The molecule has 1 aromatic heterocycles. The Bertz CT molecular complexity index is 1590. The number of hydrogen-bond acceptors (Lipinski definition) is 6. The van der Waals surface area contributed by atoms with E-state index in [1.54, 1.807) is 12.1 Å². The second-order valence-corrected chi connectivity index (χ2v) is 10.6. The molecule has 1 saturated heterocycles. The van der Waals surface area contributed by atoms with Crippen molar-refractivity contribution in [3.05, 3.63) is 94.1 Å². The molecule has 186 valence electrons. The number of rotatable bonds is 4. The fourth-order valence-corrected chi connectivity index (χ4v) is 6.37. The molecule has 2 heterocycles. The van der Waals surface area contributed by atoms with E-state index in [-0.39, 0.29) is 17.1 Å². The number of thiazole rings is 1. The lowest BCUT2D eigenvalue weighted by Gasteiger charge is -2.23. The first kappa shape index (κ1) is 23.4. The van der Waals surface area contributed by atoms with E-state index in [2.05, 4.69) is 13.0 Å². The number of aliphatic hydroxyl groups is 1. The standard InChI is InChI=1S/C30H26N2O4S/c1-2-17-7-14-23-24(15-17)37-30(31-23)32-26(19-10-12-22(33)13-11-19)25(28(35)29(32)36)27(34)21-9-8-18-5-3-4-6-20(18)16-21/h7-16,26,33-34H,2-6H2,1H3/b27-25+. The molecule has 1 amide bonds. The highest BCUT2D eigenvalue weighted by molar-refractivity contribution is 7.22. The van der Waals surface area contributed by atoms with Gasteiger partial charge in [-0.05, 0) is 84.7 Å². The minimum absolute atomic E-state index is 0.0277. The summed E-state index contributed by atoms with van der Waals surface area (Å²) >= 11 is 1.35. The van der Waals surface area contributed by atoms with Crippen LogP contribution in [0.25, 0.3) is 16.0 Å². The van der Waals surface area contributed by atoms with Crippen molar-refractivity contribution in [3.8, 4) is 5.75 Å². The van der Waals surface area contributed by atoms with Crippen molar-refractivity contribution < 1.29 is 19.8 Å². The SMILES string of the molecule is CCc1ccc2nc(N3C(=O)C(=O)/C(=C(/O)c4ccc5c(c4)CCCC5)C3c3ccc(O)cc3)sc2c1. The zero-order valence-electron chi connectivity index (χ0n) is 20.4. The van der Waals surface area contributed by atoms with Gasteiger partial charge in [-0.3, -0.25) is 14.5 Å². The Hall–Kier alpha value is -3.97. The van der Waals surface area contributed by atoms with E-state index in [9.17, 15) is 19.8 Å². The number of aromatic hydroxyl groups is 1. The van der Waals surface area contributed by atoms with E-state index in [1.165, 1.54) is 39.5 Å². The Morgan fingerprint density at radius 1 is 1.00 bits per heavy atom. The van der Waals surface area contributed by atoms with Crippen LogP contribution in [0.3, 0.4) is 0 Å². The topological polar surface area (TPSA) is 90.7 Å². The summed E-state index contributed by atoms with van der Waals surface area (Å²) in [5.74, 6) is -1.60. The van der Waals surface area contributed by atoms with Gasteiger partial charge >= 0.3 is 5.91 Å². The molecule has 37 heavy (non-hydrogen) atoms. The van der Waals surface area contributed by atoms with Crippen molar-refractivity contribution in [1.82, 2.24) is 4.98 Å². The number of aromatic nitrogens is 1. The fourth-order valence-electron chi connectivity index (χ4n) is 5.32. The molecule has 0 spiro atoms. The molecule has 4 aromatic rings. The average molecular weight is 511 g/mol. The highest BCUT2D eigenvalue weighted by Crippen LogP contribution is 2.44. The first-order valence-electron chi connectivity index (χ1n) is 12.6. The van der Waals surface area contributed by atoms with Crippen LogP contribution in [0.15, 0.2) is 66.2 Å².